The number of carbonyl (C=O) groups is 1. The van der Waals surface area contributed by atoms with Crippen molar-refractivity contribution < 1.29 is 13.9 Å². The molecule has 2 aromatic carbocycles. The minimum Gasteiger partial charge on any atom is -0.434 e. The molecule has 0 saturated heterocycles. The van der Waals surface area contributed by atoms with Gasteiger partial charge in [0.2, 0.25) is 6.23 Å². The first kappa shape index (κ1) is 13.9. The first-order chi connectivity index (χ1) is 11.2. The van der Waals surface area contributed by atoms with Crippen LogP contribution in [-0.4, -0.2) is 11.0 Å². The van der Waals surface area contributed by atoms with Crippen LogP contribution in [-0.2, 0) is 4.74 Å². The monoisotopic (exact) mass is 326 g/mol. The van der Waals surface area contributed by atoms with Gasteiger partial charge < -0.3 is 10.1 Å². The van der Waals surface area contributed by atoms with E-state index < -0.39 is 6.23 Å². The quantitative estimate of drug-likeness (QED) is 0.732. The summed E-state index contributed by atoms with van der Waals surface area (Å²) in [6.07, 6.45) is -0.536. The number of nitrogens with one attached hydrogen (secondary N) is 1. The molecule has 0 spiro atoms. The average Bonchev–Trinajstić information content (AvgIpc) is 3.15. The maximum Gasteiger partial charge on any atom is 0.340 e. The third-order valence-corrected chi connectivity index (χ3v) is 4.36. The Morgan fingerprint density at radius 1 is 1.13 bits per heavy atom. The molecule has 1 aromatic heterocycles. The zero-order chi connectivity index (χ0) is 15.8. The number of carbonyl (C=O) groups excluding carboxylic acids is 1. The molecule has 3 aromatic rings. The fraction of sp³-hybridized carbons (Fsp3) is 0.0588. The number of aromatic nitrogens is 1. The van der Waals surface area contributed by atoms with Crippen molar-refractivity contribution in [2.75, 3.05) is 5.32 Å². The van der Waals surface area contributed by atoms with E-state index >= 15 is 0 Å². The molecule has 0 radical (unpaired) electrons. The van der Waals surface area contributed by atoms with Crippen LogP contribution in [0, 0.1) is 5.82 Å². The second-order valence-electron chi connectivity index (χ2n) is 5.06. The van der Waals surface area contributed by atoms with Crippen LogP contribution in [0.1, 0.15) is 22.1 Å². The van der Waals surface area contributed by atoms with Gasteiger partial charge in [-0.1, -0.05) is 18.2 Å². The molecule has 0 aliphatic carbocycles. The van der Waals surface area contributed by atoms with Crippen LogP contribution in [0.4, 0.5) is 9.52 Å². The van der Waals surface area contributed by atoms with Crippen molar-refractivity contribution in [3.8, 4) is 11.3 Å². The smallest absolute Gasteiger partial charge is 0.340 e. The second-order valence-corrected chi connectivity index (χ2v) is 5.92. The van der Waals surface area contributed by atoms with E-state index in [4.69, 9.17) is 4.74 Å². The molecule has 0 bridgehead atoms. The predicted molar refractivity (Wildman–Crippen MR) is 85.7 cm³/mol. The Bertz CT molecular complexity index is 876. The molecule has 1 N–H and O–H groups in total. The van der Waals surface area contributed by atoms with Gasteiger partial charge in [0, 0.05) is 16.5 Å². The lowest BCUT2D eigenvalue weighted by Gasteiger charge is -2.11. The third-order valence-electron chi connectivity index (χ3n) is 3.59. The maximum atomic E-state index is 13.0. The molecule has 4 nitrogen and oxygen atoms in total. The molecular formula is C17H11FN2O2S. The molecule has 114 valence electrons. The van der Waals surface area contributed by atoms with Crippen molar-refractivity contribution in [1.82, 2.24) is 4.98 Å². The number of hydrogen-bond donors (Lipinski definition) is 1. The zero-order valence-electron chi connectivity index (χ0n) is 11.8. The molecule has 0 fully saturated rings. The van der Waals surface area contributed by atoms with Crippen LogP contribution in [0.2, 0.25) is 0 Å². The molecule has 1 aliphatic heterocycles. The zero-order valence-corrected chi connectivity index (χ0v) is 12.6. The van der Waals surface area contributed by atoms with E-state index in [0.29, 0.717) is 10.7 Å². The number of rotatable bonds is 3. The fourth-order valence-corrected chi connectivity index (χ4v) is 3.20. The van der Waals surface area contributed by atoms with Crippen LogP contribution < -0.4 is 5.32 Å². The number of ether oxygens (including phenoxy) is 1. The molecule has 0 unspecified atom stereocenters. The SMILES string of the molecule is O=C1O[C@@H](Nc2nc(-c3ccc(F)cc3)cs2)c2ccccc21. The van der Waals surface area contributed by atoms with E-state index in [-0.39, 0.29) is 11.8 Å². The van der Waals surface area contributed by atoms with E-state index in [0.717, 1.165) is 16.8 Å². The van der Waals surface area contributed by atoms with E-state index in [9.17, 15) is 9.18 Å². The molecule has 4 rings (SSSR count). The van der Waals surface area contributed by atoms with Crippen molar-refractivity contribution >= 4 is 22.4 Å². The summed E-state index contributed by atoms with van der Waals surface area (Å²) in [6.45, 7) is 0. The topological polar surface area (TPSA) is 51.2 Å². The lowest BCUT2D eigenvalue weighted by Crippen LogP contribution is -2.09. The summed E-state index contributed by atoms with van der Waals surface area (Å²) in [6, 6.07) is 13.4. The van der Waals surface area contributed by atoms with Crippen molar-refractivity contribution in [3.05, 3.63) is 70.9 Å². The fourth-order valence-electron chi connectivity index (χ4n) is 2.46. The summed E-state index contributed by atoms with van der Waals surface area (Å²) in [5.74, 6) is -0.620. The number of halogens is 1. The highest BCUT2D eigenvalue weighted by molar-refractivity contribution is 7.14. The second kappa shape index (κ2) is 5.48. The molecule has 1 aliphatic rings. The highest BCUT2D eigenvalue weighted by Crippen LogP contribution is 2.33. The van der Waals surface area contributed by atoms with E-state index in [1.165, 1.54) is 23.5 Å². The molecular weight excluding hydrogens is 315 g/mol. The Hall–Kier alpha value is -2.73. The number of hydrogen-bond acceptors (Lipinski definition) is 5. The van der Waals surface area contributed by atoms with Gasteiger partial charge >= 0.3 is 5.97 Å². The molecule has 1 atom stereocenters. The number of nitrogens with zero attached hydrogens (tertiary/aromatic N) is 1. The van der Waals surface area contributed by atoms with Crippen molar-refractivity contribution in [2.45, 2.75) is 6.23 Å². The van der Waals surface area contributed by atoms with Gasteiger partial charge in [0.05, 0.1) is 11.3 Å². The first-order valence-electron chi connectivity index (χ1n) is 6.98. The number of fused-ring (bicyclic) bond motifs is 1. The van der Waals surface area contributed by atoms with Crippen LogP contribution in [0.25, 0.3) is 11.3 Å². The van der Waals surface area contributed by atoms with Gasteiger partial charge in [-0.05, 0) is 30.3 Å². The van der Waals surface area contributed by atoms with E-state index in [1.807, 2.05) is 17.5 Å². The maximum absolute atomic E-state index is 13.0. The van der Waals surface area contributed by atoms with Crippen LogP contribution in [0.15, 0.2) is 53.9 Å². The molecule has 0 amide bonds. The van der Waals surface area contributed by atoms with Gasteiger partial charge in [0.25, 0.3) is 0 Å². The van der Waals surface area contributed by atoms with Crippen LogP contribution >= 0.6 is 11.3 Å². The van der Waals surface area contributed by atoms with Crippen molar-refractivity contribution in [2.24, 2.45) is 0 Å². The molecule has 2 heterocycles. The number of benzene rings is 2. The van der Waals surface area contributed by atoms with Gasteiger partial charge in [0.15, 0.2) is 5.13 Å². The average molecular weight is 326 g/mol. The first-order valence-corrected chi connectivity index (χ1v) is 7.86. The summed E-state index contributed by atoms with van der Waals surface area (Å²) in [5.41, 5.74) is 2.95. The van der Waals surface area contributed by atoms with Gasteiger partial charge in [-0.3, -0.25) is 0 Å². The lowest BCUT2D eigenvalue weighted by molar-refractivity contribution is 0.0437. The van der Waals surface area contributed by atoms with Crippen LogP contribution in [0.3, 0.4) is 0 Å². The summed E-state index contributed by atoms with van der Waals surface area (Å²) in [4.78, 5) is 16.3. The standard InChI is InChI=1S/C17H11FN2O2S/c18-11-7-5-10(6-8-11)14-9-23-17(19-14)20-15-12-3-1-2-4-13(12)16(21)22-15/h1-9,15H,(H,19,20)/t15-/m1/s1. The number of cyclic esters (lactones) is 1. The van der Waals surface area contributed by atoms with E-state index in [1.54, 1.807) is 24.3 Å². The largest absolute Gasteiger partial charge is 0.434 e. The summed E-state index contributed by atoms with van der Waals surface area (Å²) in [7, 11) is 0. The molecule has 0 saturated carbocycles. The number of esters is 1. The van der Waals surface area contributed by atoms with Gasteiger partial charge in [0.1, 0.15) is 5.82 Å². The summed E-state index contributed by atoms with van der Waals surface area (Å²) >= 11 is 1.40. The Labute approximate surface area is 135 Å². The summed E-state index contributed by atoms with van der Waals surface area (Å²) in [5, 5.41) is 5.63. The van der Waals surface area contributed by atoms with Gasteiger partial charge in [-0.25, -0.2) is 14.2 Å². The Morgan fingerprint density at radius 2 is 1.91 bits per heavy atom. The molecule has 23 heavy (non-hydrogen) atoms. The number of thiazole rings is 1. The Morgan fingerprint density at radius 3 is 2.74 bits per heavy atom. The third kappa shape index (κ3) is 2.57. The Balaban J connectivity index is 1.57. The predicted octanol–water partition coefficient (Wildman–Crippen LogP) is 4.23. The lowest BCUT2D eigenvalue weighted by atomic mass is 10.1. The highest BCUT2D eigenvalue weighted by Gasteiger charge is 2.30. The highest BCUT2D eigenvalue weighted by atomic mass is 32.1. The number of anilines is 1. The van der Waals surface area contributed by atoms with E-state index in [2.05, 4.69) is 10.3 Å². The van der Waals surface area contributed by atoms with Crippen molar-refractivity contribution in [3.63, 3.8) is 0 Å². The normalized spacial score (nSPS) is 16.0. The minimum atomic E-state index is -0.536. The van der Waals surface area contributed by atoms with Gasteiger partial charge in [-0.15, -0.1) is 11.3 Å². The van der Waals surface area contributed by atoms with Crippen LogP contribution in [0.5, 0.6) is 0 Å². The Kier molecular flexibility index (Phi) is 3.31. The van der Waals surface area contributed by atoms with Gasteiger partial charge in [-0.2, -0.15) is 0 Å². The summed E-state index contributed by atoms with van der Waals surface area (Å²) < 4.78 is 18.3. The minimum absolute atomic E-state index is 0.281. The van der Waals surface area contributed by atoms with Crippen molar-refractivity contribution in [1.29, 1.82) is 0 Å². The molecule has 6 heteroatoms.